The van der Waals surface area contributed by atoms with Crippen LogP contribution in [0.1, 0.15) is 18.1 Å². The third-order valence-corrected chi connectivity index (χ3v) is 5.36. The van der Waals surface area contributed by atoms with Crippen LogP contribution < -0.4 is 0 Å². The molecule has 0 spiro atoms. The van der Waals surface area contributed by atoms with Gasteiger partial charge in [-0.05, 0) is 29.7 Å². The van der Waals surface area contributed by atoms with E-state index in [-0.39, 0.29) is 5.91 Å². The molecule has 0 aliphatic rings. The maximum absolute atomic E-state index is 12.4. The quantitative estimate of drug-likeness (QED) is 0.631. The second-order valence-corrected chi connectivity index (χ2v) is 7.09. The number of hydrogen-bond acceptors (Lipinski definition) is 3. The van der Waals surface area contributed by atoms with Gasteiger partial charge in [-0.15, -0.1) is 0 Å². The molecule has 25 heavy (non-hydrogen) atoms. The van der Waals surface area contributed by atoms with Crippen molar-refractivity contribution in [3.63, 3.8) is 0 Å². The summed E-state index contributed by atoms with van der Waals surface area (Å²) >= 11 is 1.49. The van der Waals surface area contributed by atoms with Crippen LogP contribution >= 0.6 is 11.8 Å². The number of benzene rings is 2. The molecule has 0 fully saturated rings. The molecule has 130 valence electrons. The molecule has 0 atom stereocenters. The van der Waals surface area contributed by atoms with Crippen LogP contribution in [0.3, 0.4) is 0 Å². The number of fused-ring (bicyclic) bond motifs is 1. The average Bonchev–Trinajstić information content (AvgIpc) is 2.96. The Morgan fingerprint density at radius 1 is 1.12 bits per heavy atom. The Morgan fingerprint density at radius 3 is 2.48 bits per heavy atom. The number of hydrogen-bond donors (Lipinski definition) is 0. The van der Waals surface area contributed by atoms with Crippen LogP contribution in [0.15, 0.2) is 53.7 Å². The molecule has 0 aliphatic heterocycles. The third kappa shape index (κ3) is 4.04. The first-order valence-electron chi connectivity index (χ1n) is 8.44. The number of imidazole rings is 1. The lowest BCUT2D eigenvalue weighted by Crippen LogP contribution is -2.27. The number of carbonyl (C=O) groups excluding carboxylic acids is 1. The summed E-state index contributed by atoms with van der Waals surface area (Å²) in [5, 5.41) is 0.871. The lowest BCUT2D eigenvalue weighted by atomic mass is 10.1. The van der Waals surface area contributed by atoms with E-state index in [4.69, 9.17) is 0 Å². The van der Waals surface area contributed by atoms with Crippen molar-refractivity contribution in [1.29, 1.82) is 0 Å². The minimum Gasteiger partial charge on any atom is -0.341 e. The second-order valence-electron chi connectivity index (χ2n) is 6.15. The molecule has 0 bridgehead atoms. The zero-order valence-electron chi connectivity index (χ0n) is 14.9. The van der Waals surface area contributed by atoms with Crippen LogP contribution in [0, 0.1) is 0 Å². The van der Waals surface area contributed by atoms with Crippen LogP contribution in [-0.2, 0) is 24.8 Å². The zero-order valence-corrected chi connectivity index (χ0v) is 15.7. The minimum absolute atomic E-state index is 0.108. The predicted molar refractivity (Wildman–Crippen MR) is 104 cm³/mol. The first kappa shape index (κ1) is 17.5. The molecule has 0 N–H and O–H groups in total. The Kier molecular flexibility index (Phi) is 5.43. The van der Waals surface area contributed by atoms with Gasteiger partial charge in [0, 0.05) is 20.6 Å². The van der Waals surface area contributed by atoms with Crippen LogP contribution in [-0.4, -0.2) is 33.2 Å². The summed E-state index contributed by atoms with van der Waals surface area (Å²) in [7, 11) is 3.84. The Morgan fingerprint density at radius 2 is 1.80 bits per heavy atom. The van der Waals surface area contributed by atoms with Crippen molar-refractivity contribution in [1.82, 2.24) is 14.5 Å². The fourth-order valence-electron chi connectivity index (χ4n) is 2.73. The topological polar surface area (TPSA) is 38.1 Å². The van der Waals surface area contributed by atoms with Gasteiger partial charge >= 0.3 is 0 Å². The van der Waals surface area contributed by atoms with E-state index in [0.717, 1.165) is 28.2 Å². The molecule has 3 aromatic rings. The van der Waals surface area contributed by atoms with Gasteiger partial charge in [0.1, 0.15) is 0 Å². The predicted octanol–water partition coefficient (Wildman–Crippen LogP) is 3.89. The first-order chi connectivity index (χ1) is 12.1. The largest absolute Gasteiger partial charge is 0.341 e. The van der Waals surface area contributed by atoms with Crippen molar-refractivity contribution in [3.05, 3.63) is 59.7 Å². The van der Waals surface area contributed by atoms with Crippen molar-refractivity contribution in [2.45, 2.75) is 25.0 Å². The Balaban J connectivity index is 1.59. The third-order valence-electron chi connectivity index (χ3n) is 4.35. The minimum atomic E-state index is 0.108. The maximum atomic E-state index is 12.4. The van der Waals surface area contributed by atoms with E-state index in [1.165, 1.54) is 17.3 Å². The van der Waals surface area contributed by atoms with Crippen LogP contribution in [0.4, 0.5) is 0 Å². The van der Waals surface area contributed by atoms with Crippen LogP contribution in [0.5, 0.6) is 0 Å². The molecule has 4 nitrogen and oxygen atoms in total. The number of amides is 1. The number of rotatable bonds is 6. The van der Waals surface area contributed by atoms with Gasteiger partial charge in [0.2, 0.25) is 5.91 Å². The molecule has 1 heterocycles. The summed E-state index contributed by atoms with van der Waals surface area (Å²) in [6.07, 6.45) is 1.03. The van der Waals surface area contributed by atoms with Gasteiger partial charge in [-0.25, -0.2) is 4.98 Å². The van der Waals surface area contributed by atoms with Crippen LogP contribution in [0.2, 0.25) is 0 Å². The normalized spacial score (nSPS) is 11.0. The number of aryl methyl sites for hydroxylation is 2. The SMILES string of the molecule is CCc1ccc(CN(C)C(=O)CSc2nc3ccccc3n2C)cc1. The summed E-state index contributed by atoms with van der Waals surface area (Å²) in [5.41, 5.74) is 4.52. The van der Waals surface area contributed by atoms with Gasteiger partial charge in [0.25, 0.3) is 0 Å². The number of aromatic nitrogens is 2. The van der Waals surface area contributed by atoms with Gasteiger partial charge in [-0.1, -0.05) is 55.1 Å². The van der Waals surface area contributed by atoms with Crippen molar-refractivity contribution in [3.8, 4) is 0 Å². The molecule has 3 rings (SSSR count). The maximum Gasteiger partial charge on any atom is 0.233 e. The molecule has 0 radical (unpaired) electrons. The van der Waals surface area contributed by atoms with Gasteiger partial charge in [0.15, 0.2) is 5.16 Å². The summed E-state index contributed by atoms with van der Waals surface area (Å²) in [6.45, 7) is 2.77. The highest BCUT2D eigenvalue weighted by Gasteiger charge is 2.13. The van der Waals surface area contributed by atoms with Crippen molar-refractivity contribution in [2.24, 2.45) is 7.05 Å². The van der Waals surface area contributed by atoms with E-state index < -0.39 is 0 Å². The second kappa shape index (κ2) is 7.74. The van der Waals surface area contributed by atoms with E-state index in [9.17, 15) is 4.79 Å². The number of carbonyl (C=O) groups is 1. The van der Waals surface area contributed by atoms with Crippen molar-refractivity contribution < 1.29 is 4.79 Å². The Bertz CT molecular complexity index is 870. The standard InChI is InChI=1S/C20H23N3OS/c1-4-15-9-11-16(12-10-15)13-22(2)19(24)14-25-20-21-17-7-5-6-8-18(17)23(20)3/h5-12H,4,13-14H2,1-3H3. The molecule has 0 saturated carbocycles. The number of thioether (sulfide) groups is 1. The smallest absolute Gasteiger partial charge is 0.233 e. The Hall–Kier alpha value is -2.27. The molecule has 5 heteroatoms. The average molecular weight is 353 g/mol. The highest BCUT2D eigenvalue weighted by molar-refractivity contribution is 7.99. The first-order valence-corrected chi connectivity index (χ1v) is 9.43. The van der Waals surface area contributed by atoms with Gasteiger partial charge in [0.05, 0.1) is 16.8 Å². The molecule has 1 aromatic heterocycles. The van der Waals surface area contributed by atoms with Gasteiger partial charge in [-0.2, -0.15) is 0 Å². The highest BCUT2D eigenvalue weighted by Crippen LogP contribution is 2.23. The van der Waals surface area contributed by atoms with Gasteiger partial charge in [-0.3, -0.25) is 4.79 Å². The molecular formula is C20H23N3OS. The van der Waals surface area contributed by atoms with Crippen molar-refractivity contribution >= 4 is 28.7 Å². The fourth-order valence-corrected chi connectivity index (χ4v) is 3.66. The van der Waals surface area contributed by atoms with Crippen LogP contribution in [0.25, 0.3) is 11.0 Å². The lowest BCUT2D eigenvalue weighted by Gasteiger charge is -2.17. The summed E-state index contributed by atoms with van der Waals surface area (Å²) in [4.78, 5) is 18.8. The molecular weight excluding hydrogens is 330 g/mol. The monoisotopic (exact) mass is 353 g/mol. The summed E-state index contributed by atoms with van der Waals surface area (Å²) in [5.74, 6) is 0.498. The molecule has 0 saturated heterocycles. The number of para-hydroxylation sites is 2. The Labute approximate surface area is 152 Å². The van der Waals surface area contributed by atoms with E-state index in [0.29, 0.717) is 12.3 Å². The molecule has 0 aliphatic carbocycles. The van der Waals surface area contributed by atoms with E-state index in [2.05, 4.69) is 36.2 Å². The number of nitrogens with zero attached hydrogens (tertiary/aromatic N) is 3. The summed E-state index contributed by atoms with van der Waals surface area (Å²) in [6, 6.07) is 16.5. The van der Waals surface area contributed by atoms with E-state index in [1.54, 1.807) is 4.90 Å². The van der Waals surface area contributed by atoms with E-state index >= 15 is 0 Å². The molecule has 2 aromatic carbocycles. The van der Waals surface area contributed by atoms with E-state index in [1.807, 2.05) is 42.9 Å². The summed E-state index contributed by atoms with van der Waals surface area (Å²) < 4.78 is 2.04. The fraction of sp³-hybridized carbons (Fsp3) is 0.300. The zero-order chi connectivity index (χ0) is 17.8. The van der Waals surface area contributed by atoms with Gasteiger partial charge < -0.3 is 9.47 Å². The lowest BCUT2D eigenvalue weighted by molar-refractivity contribution is -0.127. The molecule has 1 amide bonds. The highest BCUT2D eigenvalue weighted by atomic mass is 32.2. The molecule has 0 unspecified atom stereocenters. The van der Waals surface area contributed by atoms with Crippen molar-refractivity contribution in [2.75, 3.05) is 12.8 Å².